The van der Waals surface area contributed by atoms with Crippen molar-refractivity contribution in [3.05, 3.63) is 77.4 Å². The SMILES string of the molecule is N#Cc1ccc(COc2ccc3ccccc3c2/C=N\NC(F)(F)C(F)(F)C(F)(F)F)cc1. The number of rotatable bonds is 7. The summed E-state index contributed by atoms with van der Waals surface area (Å²) in [5.74, 6) is -6.22. The Bertz CT molecular complexity index is 1200. The largest absolute Gasteiger partial charge is 0.488 e. The second-order valence-corrected chi connectivity index (χ2v) is 6.81. The number of hydrogen-bond acceptors (Lipinski definition) is 4. The Morgan fingerprint density at radius 1 is 0.909 bits per heavy atom. The summed E-state index contributed by atoms with van der Waals surface area (Å²) < 4.78 is 95.7. The van der Waals surface area contributed by atoms with E-state index in [9.17, 15) is 30.7 Å². The highest BCUT2D eigenvalue weighted by molar-refractivity contribution is 6.02. The van der Waals surface area contributed by atoms with E-state index >= 15 is 0 Å². The lowest BCUT2D eigenvalue weighted by molar-refractivity contribution is -0.361. The number of fused-ring (bicyclic) bond motifs is 1. The maximum absolute atomic E-state index is 13.5. The molecule has 0 aromatic heterocycles. The lowest BCUT2D eigenvalue weighted by atomic mass is 10.0. The Labute approximate surface area is 182 Å². The number of nitriles is 1. The number of nitrogens with zero attached hydrogens (tertiary/aromatic N) is 2. The predicted octanol–water partition coefficient (Wildman–Crippen LogP) is 6.00. The summed E-state index contributed by atoms with van der Waals surface area (Å²) in [5, 5.41) is 12.9. The number of hydrogen-bond donors (Lipinski definition) is 1. The molecule has 0 aliphatic heterocycles. The molecule has 0 unspecified atom stereocenters. The Balaban J connectivity index is 1.89. The molecule has 11 heteroatoms. The van der Waals surface area contributed by atoms with Crippen molar-refractivity contribution in [1.29, 1.82) is 5.26 Å². The number of nitrogens with one attached hydrogen (secondary N) is 1. The van der Waals surface area contributed by atoms with Crippen LogP contribution in [0.1, 0.15) is 16.7 Å². The van der Waals surface area contributed by atoms with Crippen molar-refractivity contribution < 1.29 is 35.5 Å². The quantitative estimate of drug-likeness (QED) is 0.200. The van der Waals surface area contributed by atoms with Gasteiger partial charge in [-0.25, -0.2) is 5.43 Å². The van der Waals surface area contributed by atoms with Gasteiger partial charge >= 0.3 is 18.1 Å². The van der Waals surface area contributed by atoms with Crippen molar-refractivity contribution in [2.45, 2.75) is 24.8 Å². The molecule has 3 aromatic rings. The lowest BCUT2D eigenvalue weighted by Gasteiger charge is -2.27. The molecule has 0 atom stereocenters. The molecule has 0 aliphatic carbocycles. The van der Waals surface area contributed by atoms with E-state index in [1.165, 1.54) is 6.07 Å². The van der Waals surface area contributed by atoms with Gasteiger partial charge in [0.05, 0.1) is 17.8 Å². The van der Waals surface area contributed by atoms with Crippen molar-refractivity contribution in [1.82, 2.24) is 5.43 Å². The van der Waals surface area contributed by atoms with Crippen molar-refractivity contribution in [3.8, 4) is 11.8 Å². The molecule has 0 saturated heterocycles. The van der Waals surface area contributed by atoms with Crippen LogP contribution in [0.15, 0.2) is 65.8 Å². The number of alkyl halides is 7. The van der Waals surface area contributed by atoms with E-state index in [-0.39, 0.29) is 17.9 Å². The van der Waals surface area contributed by atoms with E-state index < -0.39 is 18.1 Å². The van der Waals surface area contributed by atoms with Gasteiger partial charge in [0.2, 0.25) is 0 Å². The molecule has 3 rings (SSSR count). The Morgan fingerprint density at radius 2 is 1.58 bits per heavy atom. The van der Waals surface area contributed by atoms with E-state index in [2.05, 4.69) is 5.10 Å². The van der Waals surface area contributed by atoms with Gasteiger partial charge < -0.3 is 4.74 Å². The third-order valence-corrected chi connectivity index (χ3v) is 4.56. The van der Waals surface area contributed by atoms with Gasteiger partial charge in [-0.05, 0) is 34.5 Å². The first-order chi connectivity index (χ1) is 15.5. The van der Waals surface area contributed by atoms with Crippen LogP contribution in [-0.2, 0) is 6.61 Å². The molecule has 172 valence electrons. The average molecular weight is 469 g/mol. The van der Waals surface area contributed by atoms with Crippen LogP contribution in [0.2, 0.25) is 0 Å². The maximum Gasteiger partial charge on any atom is 0.462 e. The highest BCUT2D eigenvalue weighted by atomic mass is 19.4. The van der Waals surface area contributed by atoms with Crippen molar-refractivity contribution in [3.63, 3.8) is 0 Å². The minimum atomic E-state index is -6.48. The van der Waals surface area contributed by atoms with Gasteiger partial charge in [-0.15, -0.1) is 0 Å². The van der Waals surface area contributed by atoms with Gasteiger partial charge in [-0.3, -0.25) is 0 Å². The summed E-state index contributed by atoms with van der Waals surface area (Å²) in [4.78, 5) is 0. The Kier molecular flexibility index (Phi) is 6.48. The molecule has 0 spiro atoms. The molecule has 0 heterocycles. The molecule has 0 bridgehead atoms. The van der Waals surface area contributed by atoms with Crippen molar-refractivity contribution in [2.75, 3.05) is 0 Å². The van der Waals surface area contributed by atoms with Gasteiger partial charge in [0.15, 0.2) is 0 Å². The lowest BCUT2D eigenvalue weighted by Crippen LogP contribution is -2.58. The normalized spacial score (nSPS) is 12.7. The second kappa shape index (κ2) is 8.97. The zero-order chi connectivity index (χ0) is 24.3. The molecular formula is C22H14F7N3O. The van der Waals surface area contributed by atoms with Crippen molar-refractivity contribution in [2.24, 2.45) is 5.10 Å². The molecule has 0 saturated carbocycles. The van der Waals surface area contributed by atoms with Crippen LogP contribution in [0.4, 0.5) is 30.7 Å². The smallest absolute Gasteiger partial charge is 0.462 e. The molecule has 3 aromatic carbocycles. The van der Waals surface area contributed by atoms with Crippen LogP contribution in [0.5, 0.6) is 5.75 Å². The van der Waals surface area contributed by atoms with Crippen LogP contribution in [-0.4, -0.2) is 24.4 Å². The van der Waals surface area contributed by atoms with E-state index in [4.69, 9.17) is 10.00 Å². The van der Waals surface area contributed by atoms with Gasteiger partial charge in [-0.1, -0.05) is 42.5 Å². The summed E-state index contributed by atoms with van der Waals surface area (Å²) in [6, 6.07) is 12.4. The first kappa shape index (κ1) is 23.8. The summed E-state index contributed by atoms with van der Waals surface area (Å²) in [6.07, 6.45) is -5.79. The molecule has 0 fully saturated rings. The predicted molar refractivity (Wildman–Crippen MR) is 106 cm³/mol. The van der Waals surface area contributed by atoms with Gasteiger partial charge in [0.25, 0.3) is 0 Å². The van der Waals surface area contributed by atoms with Crippen LogP contribution < -0.4 is 10.2 Å². The molecular weight excluding hydrogens is 455 g/mol. The summed E-state index contributed by atoms with van der Waals surface area (Å²) in [5.41, 5.74) is 1.79. The van der Waals surface area contributed by atoms with E-state index in [1.54, 1.807) is 54.6 Å². The first-order valence-electron chi connectivity index (χ1n) is 9.22. The zero-order valence-corrected chi connectivity index (χ0v) is 16.5. The standard InChI is InChI=1S/C22H14F7N3O/c23-20(24,21(25,26)27)22(28,29)32-31-12-18-17-4-2-1-3-16(17)9-10-19(18)33-13-15-7-5-14(11-30)6-8-15/h1-10,12,32H,13H2/b31-12-. The van der Waals surface area contributed by atoms with Crippen LogP contribution in [0, 0.1) is 11.3 Å². The fraction of sp³-hybridized carbons (Fsp3) is 0.182. The minimum Gasteiger partial charge on any atom is -0.488 e. The van der Waals surface area contributed by atoms with Gasteiger partial charge in [0, 0.05) is 5.56 Å². The zero-order valence-electron chi connectivity index (χ0n) is 16.5. The maximum atomic E-state index is 13.5. The van der Waals surface area contributed by atoms with Crippen molar-refractivity contribution >= 4 is 17.0 Å². The topological polar surface area (TPSA) is 57.4 Å². The fourth-order valence-electron chi connectivity index (χ4n) is 2.80. The minimum absolute atomic E-state index is 0.000617. The third kappa shape index (κ3) is 5.00. The Hall–Kier alpha value is -3.81. The molecule has 33 heavy (non-hydrogen) atoms. The van der Waals surface area contributed by atoms with Gasteiger partial charge in [0.1, 0.15) is 12.4 Å². The number of hydrazone groups is 1. The monoisotopic (exact) mass is 469 g/mol. The van der Waals surface area contributed by atoms with E-state index in [0.29, 0.717) is 33.5 Å². The number of ether oxygens (including phenoxy) is 1. The first-order valence-corrected chi connectivity index (χ1v) is 9.22. The summed E-state index contributed by atoms with van der Waals surface area (Å²) in [7, 11) is 0. The number of halogens is 7. The Morgan fingerprint density at radius 3 is 2.21 bits per heavy atom. The molecule has 0 amide bonds. The van der Waals surface area contributed by atoms with E-state index in [0.717, 1.165) is 0 Å². The highest BCUT2D eigenvalue weighted by Crippen LogP contribution is 2.45. The third-order valence-electron chi connectivity index (χ3n) is 4.56. The second-order valence-electron chi connectivity index (χ2n) is 6.81. The summed E-state index contributed by atoms with van der Waals surface area (Å²) >= 11 is 0. The molecule has 0 aliphatic rings. The van der Waals surface area contributed by atoms with Crippen LogP contribution in [0.3, 0.4) is 0 Å². The highest BCUT2D eigenvalue weighted by Gasteiger charge is 2.73. The van der Waals surface area contributed by atoms with Crippen LogP contribution in [0.25, 0.3) is 10.8 Å². The average Bonchev–Trinajstić information content (AvgIpc) is 2.77. The fourth-order valence-corrected chi connectivity index (χ4v) is 2.80. The molecule has 0 radical (unpaired) electrons. The summed E-state index contributed by atoms with van der Waals surface area (Å²) in [6.45, 7) is 0.000617. The van der Waals surface area contributed by atoms with Gasteiger partial charge in [-0.2, -0.15) is 41.1 Å². The van der Waals surface area contributed by atoms with Crippen LogP contribution >= 0.6 is 0 Å². The number of benzene rings is 3. The molecule has 1 N–H and O–H groups in total. The van der Waals surface area contributed by atoms with E-state index in [1.807, 2.05) is 6.07 Å². The molecule has 4 nitrogen and oxygen atoms in total.